The quantitative estimate of drug-likeness (QED) is 0.797. The summed E-state index contributed by atoms with van der Waals surface area (Å²) in [6.45, 7) is 1.56. The Hall–Kier alpha value is -2.25. The highest BCUT2D eigenvalue weighted by atomic mass is 19.4. The smallest absolute Gasteiger partial charge is 0.416 e. The van der Waals surface area contributed by atoms with Crippen molar-refractivity contribution in [3.63, 3.8) is 0 Å². The molecule has 0 spiro atoms. The fraction of sp³-hybridized carbons (Fsp3) is 0.333. The summed E-state index contributed by atoms with van der Waals surface area (Å²) in [5, 5.41) is 13.1. The number of carboxylic acid groups (broad SMARTS) is 1. The molecule has 0 fully saturated rings. The molecule has 0 aliphatic heterocycles. The number of rotatable bonds is 4. The van der Waals surface area contributed by atoms with Crippen LogP contribution in [0.5, 0.6) is 0 Å². The number of hydrogen-bond donors (Lipinski definition) is 3. The molecule has 5 nitrogen and oxygen atoms in total. The van der Waals surface area contributed by atoms with Crippen molar-refractivity contribution in [2.45, 2.75) is 25.6 Å². The molecule has 1 aromatic carbocycles. The molecule has 0 heterocycles. The van der Waals surface area contributed by atoms with Gasteiger partial charge in [0.15, 0.2) is 0 Å². The van der Waals surface area contributed by atoms with Gasteiger partial charge in [-0.05, 0) is 24.6 Å². The molecule has 2 amide bonds. The molecule has 8 heteroatoms. The van der Waals surface area contributed by atoms with Gasteiger partial charge in [-0.1, -0.05) is 13.0 Å². The molecule has 110 valence electrons. The Bertz CT molecular complexity index is 503. The molecule has 0 radical (unpaired) electrons. The zero-order valence-electron chi connectivity index (χ0n) is 10.5. The lowest BCUT2D eigenvalue weighted by molar-refractivity contribution is -0.139. The maximum absolute atomic E-state index is 12.5. The van der Waals surface area contributed by atoms with E-state index in [9.17, 15) is 22.8 Å². The van der Waals surface area contributed by atoms with Crippen LogP contribution in [0, 0.1) is 0 Å². The van der Waals surface area contributed by atoms with Gasteiger partial charge < -0.3 is 15.7 Å². The van der Waals surface area contributed by atoms with Crippen LogP contribution in [0.25, 0.3) is 0 Å². The van der Waals surface area contributed by atoms with Gasteiger partial charge in [0.05, 0.1) is 5.56 Å². The third-order valence-corrected chi connectivity index (χ3v) is 2.46. The van der Waals surface area contributed by atoms with Gasteiger partial charge in [0.25, 0.3) is 0 Å². The molecule has 0 saturated heterocycles. The topological polar surface area (TPSA) is 78.4 Å². The number of anilines is 1. The predicted octanol–water partition coefficient (Wildman–Crippen LogP) is 2.69. The van der Waals surface area contributed by atoms with E-state index in [1.165, 1.54) is 6.07 Å². The first-order chi connectivity index (χ1) is 9.24. The van der Waals surface area contributed by atoms with Crippen LogP contribution < -0.4 is 10.6 Å². The Balaban J connectivity index is 2.74. The molecule has 0 bridgehead atoms. The average Bonchev–Trinajstić information content (AvgIpc) is 2.34. The second kappa shape index (κ2) is 6.27. The molecule has 0 aromatic heterocycles. The Morgan fingerprint density at radius 1 is 1.35 bits per heavy atom. The number of carbonyl (C=O) groups is 2. The fourth-order valence-corrected chi connectivity index (χ4v) is 1.44. The van der Waals surface area contributed by atoms with E-state index in [4.69, 9.17) is 5.11 Å². The summed E-state index contributed by atoms with van der Waals surface area (Å²) in [5.41, 5.74) is -0.974. The summed E-state index contributed by atoms with van der Waals surface area (Å²) in [6.07, 6.45) is -4.35. The molecule has 1 aromatic rings. The van der Waals surface area contributed by atoms with Crippen molar-refractivity contribution in [1.29, 1.82) is 0 Å². The normalized spacial score (nSPS) is 12.6. The molecular formula is C12H13F3N2O3. The Labute approximate surface area is 112 Å². The molecule has 3 N–H and O–H groups in total. The summed E-state index contributed by atoms with van der Waals surface area (Å²) in [5.74, 6) is -1.22. The van der Waals surface area contributed by atoms with Gasteiger partial charge in [-0.2, -0.15) is 13.2 Å². The zero-order chi connectivity index (χ0) is 15.3. The van der Waals surface area contributed by atoms with E-state index in [-0.39, 0.29) is 12.1 Å². The number of carbonyl (C=O) groups excluding carboxylic acids is 1. The van der Waals surface area contributed by atoms with E-state index in [2.05, 4.69) is 10.6 Å². The van der Waals surface area contributed by atoms with Crippen LogP contribution in [-0.4, -0.2) is 23.1 Å². The van der Waals surface area contributed by atoms with Crippen molar-refractivity contribution in [3.05, 3.63) is 29.8 Å². The summed E-state index contributed by atoms with van der Waals surface area (Å²) in [4.78, 5) is 22.2. The molecule has 0 aliphatic carbocycles. The summed E-state index contributed by atoms with van der Waals surface area (Å²) < 4.78 is 37.4. The zero-order valence-corrected chi connectivity index (χ0v) is 10.5. The van der Waals surface area contributed by atoms with E-state index >= 15 is 0 Å². The van der Waals surface area contributed by atoms with Crippen molar-refractivity contribution in [2.24, 2.45) is 0 Å². The summed E-state index contributed by atoms with van der Waals surface area (Å²) in [7, 11) is 0. The predicted molar refractivity (Wildman–Crippen MR) is 65.3 cm³/mol. The highest BCUT2D eigenvalue weighted by Crippen LogP contribution is 2.30. The van der Waals surface area contributed by atoms with Gasteiger partial charge in [0.1, 0.15) is 6.04 Å². The van der Waals surface area contributed by atoms with Crippen LogP contribution >= 0.6 is 0 Å². The van der Waals surface area contributed by atoms with Crippen LogP contribution in [0.1, 0.15) is 18.9 Å². The standard InChI is InChI=1S/C12H13F3N2O3/c1-2-9(10(18)19)17-11(20)16-8-5-3-4-7(6-8)12(13,14)15/h3-6,9H,2H2,1H3,(H,18,19)(H2,16,17,20)/t9-/m1/s1. The highest BCUT2D eigenvalue weighted by molar-refractivity contribution is 5.92. The molecule has 0 unspecified atom stereocenters. The van der Waals surface area contributed by atoms with E-state index < -0.39 is 29.8 Å². The van der Waals surface area contributed by atoms with E-state index in [0.717, 1.165) is 18.2 Å². The lowest BCUT2D eigenvalue weighted by Crippen LogP contribution is -2.42. The maximum Gasteiger partial charge on any atom is 0.416 e. The van der Waals surface area contributed by atoms with Crippen molar-refractivity contribution >= 4 is 17.7 Å². The number of alkyl halides is 3. The fourth-order valence-electron chi connectivity index (χ4n) is 1.44. The summed E-state index contributed by atoms with van der Waals surface area (Å²) >= 11 is 0. The van der Waals surface area contributed by atoms with Crippen molar-refractivity contribution in [2.75, 3.05) is 5.32 Å². The number of halogens is 3. The summed E-state index contributed by atoms with van der Waals surface area (Å²) in [6, 6.07) is 2.08. The van der Waals surface area contributed by atoms with Crippen molar-refractivity contribution < 1.29 is 27.9 Å². The second-order valence-corrected chi connectivity index (χ2v) is 3.98. The minimum Gasteiger partial charge on any atom is -0.480 e. The van der Waals surface area contributed by atoms with Crippen LogP contribution in [0.4, 0.5) is 23.7 Å². The number of carboxylic acids is 1. The SMILES string of the molecule is CC[C@@H](NC(=O)Nc1cccc(C(F)(F)F)c1)C(=O)O. The maximum atomic E-state index is 12.5. The second-order valence-electron chi connectivity index (χ2n) is 3.98. The van der Waals surface area contributed by atoms with E-state index in [1.807, 2.05) is 0 Å². The van der Waals surface area contributed by atoms with Gasteiger partial charge in [-0.15, -0.1) is 0 Å². The van der Waals surface area contributed by atoms with Gasteiger partial charge in [-0.25, -0.2) is 9.59 Å². The van der Waals surface area contributed by atoms with Crippen molar-refractivity contribution in [1.82, 2.24) is 5.32 Å². The van der Waals surface area contributed by atoms with Gasteiger partial charge >= 0.3 is 18.2 Å². The minimum absolute atomic E-state index is 0.0717. The van der Waals surface area contributed by atoms with Gasteiger partial charge in [0, 0.05) is 5.69 Å². The first-order valence-electron chi connectivity index (χ1n) is 5.71. The number of nitrogens with one attached hydrogen (secondary N) is 2. The number of aliphatic carboxylic acids is 1. The molecule has 20 heavy (non-hydrogen) atoms. The van der Waals surface area contributed by atoms with E-state index in [0.29, 0.717) is 0 Å². The van der Waals surface area contributed by atoms with Crippen LogP contribution in [-0.2, 0) is 11.0 Å². The Kier molecular flexibility index (Phi) is 4.95. The molecular weight excluding hydrogens is 277 g/mol. The molecule has 1 atom stereocenters. The Morgan fingerprint density at radius 3 is 2.50 bits per heavy atom. The number of hydrogen-bond acceptors (Lipinski definition) is 2. The van der Waals surface area contributed by atoms with Crippen LogP contribution in [0.2, 0.25) is 0 Å². The van der Waals surface area contributed by atoms with E-state index in [1.54, 1.807) is 6.92 Å². The highest BCUT2D eigenvalue weighted by Gasteiger charge is 2.30. The number of urea groups is 1. The number of amides is 2. The lowest BCUT2D eigenvalue weighted by Gasteiger charge is -2.14. The number of benzene rings is 1. The first kappa shape index (κ1) is 15.8. The third kappa shape index (κ3) is 4.45. The van der Waals surface area contributed by atoms with Crippen LogP contribution in [0.15, 0.2) is 24.3 Å². The van der Waals surface area contributed by atoms with Gasteiger partial charge in [-0.3, -0.25) is 0 Å². The minimum atomic E-state index is -4.51. The van der Waals surface area contributed by atoms with Gasteiger partial charge in [0.2, 0.25) is 0 Å². The van der Waals surface area contributed by atoms with Crippen molar-refractivity contribution in [3.8, 4) is 0 Å². The third-order valence-electron chi connectivity index (χ3n) is 2.46. The molecule has 0 saturated carbocycles. The lowest BCUT2D eigenvalue weighted by atomic mass is 10.2. The monoisotopic (exact) mass is 290 g/mol. The molecule has 1 rings (SSSR count). The first-order valence-corrected chi connectivity index (χ1v) is 5.71. The largest absolute Gasteiger partial charge is 0.480 e. The Morgan fingerprint density at radius 2 is 2.00 bits per heavy atom. The average molecular weight is 290 g/mol. The molecule has 0 aliphatic rings. The van der Waals surface area contributed by atoms with Crippen LogP contribution in [0.3, 0.4) is 0 Å².